The summed E-state index contributed by atoms with van der Waals surface area (Å²) in [5.41, 5.74) is 4.46. The van der Waals surface area contributed by atoms with Crippen LogP contribution in [0.3, 0.4) is 0 Å². The van der Waals surface area contributed by atoms with Gasteiger partial charge in [0.15, 0.2) is 0 Å². The Kier molecular flexibility index (Phi) is 5.55. The lowest BCUT2D eigenvalue weighted by atomic mass is 10.2. The van der Waals surface area contributed by atoms with Crippen LogP contribution in [-0.4, -0.2) is 21.0 Å². The van der Waals surface area contributed by atoms with Gasteiger partial charge in [-0.3, -0.25) is 0 Å². The van der Waals surface area contributed by atoms with E-state index in [1.165, 1.54) is 6.07 Å². The maximum atomic E-state index is 12.8. The fourth-order valence-electron chi connectivity index (χ4n) is 1.70. The highest BCUT2D eigenvalue weighted by molar-refractivity contribution is 7.89. The van der Waals surface area contributed by atoms with E-state index in [-0.39, 0.29) is 6.54 Å². The van der Waals surface area contributed by atoms with Crippen LogP contribution in [-0.2, 0) is 16.2 Å². The van der Waals surface area contributed by atoms with E-state index in [1.54, 1.807) is 0 Å². The zero-order valence-corrected chi connectivity index (χ0v) is 11.8. The summed E-state index contributed by atoms with van der Waals surface area (Å²) in [6, 6.07) is 3.63. The Morgan fingerprint density at radius 3 is 2.45 bits per heavy atom. The van der Waals surface area contributed by atoms with Gasteiger partial charge in [-0.25, -0.2) is 13.1 Å². The fraction of sp³-hybridized carbons (Fsp3) is 0.500. The van der Waals surface area contributed by atoms with E-state index < -0.39 is 32.7 Å². The van der Waals surface area contributed by atoms with Crippen molar-refractivity contribution in [2.24, 2.45) is 5.73 Å². The summed E-state index contributed by atoms with van der Waals surface area (Å²) in [5.74, 6) is 0. The van der Waals surface area contributed by atoms with Gasteiger partial charge >= 0.3 is 6.18 Å². The molecule has 1 aromatic carbocycles. The standard InChI is InChI=1S/C12H17F3N2O2S/c1-2-5-9(16)8-17-20(18,19)11-7-4-3-6-10(11)12(13,14)15/h3-4,6-7,9,17H,2,5,8,16H2,1H3. The second-order valence-corrected chi connectivity index (χ2v) is 6.13. The summed E-state index contributed by atoms with van der Waals surface area (Å²) in [5, 5.41) is 0. The number of nitrogens with two attached hydrogens (primary N) is 1. The zero-order valence-electron chi connectivity index (χ0n) is 10.9. The molecule has 114 valence electrons. The fourth-order valence-corrected chi connectivity index (χ4v) is 3.02. The monoisotopic (exact) mass is 310 g/mol. The van der Waals surface area contributed by atoms with Crippen molar-refractivity contribution in [3.8, 4) is 0 Å². The van der Waals surface area contributed by atoms with Crippen LogP contribution in [0.25, 0.3) is 0 Å². The van der Waals surface area contributed by atoms with Crippen LogP contribution in [0.5, 0.6) is 0 Å². The van der Waals surface area contributed by atoms with Gasteiger partial charge < -0.3 is 5.73 Å². The molecule has 0 radical (unpaired) electrons. The summed E-state index contributed by atoms with van der Waals surface area (Å²) in [4.78, 5) is -0.781. The molecule has 0 aromatic heterocycles. The predicted octanol–water partition coefficient (Wildman–Crippen LogP) is 2.11. The van der Waals surface area contributed by atoms with E-state index in [2.05, 4.69) is 4.72 Å². The summed E-state index contributed by atoms with van der Waals surface area (Å²) >= 11 is 0. The van der Waals surface area contributed by atoms with Crippen molar-refractivity contribution in [3.05, 3.63) is 29.8 Å². The Morgan fingerprint density at radius 1 is 1.30 bits per heavy atom. The molecule has 3 N–H and O–H groups in total. The molecule has 0 saturated heterocycles. The first-order chi connectivity index (χ1) is 9.18. The highest BCUT2D eigenvalue weighted by Gasteiger charge is 2.36. The molecule has 4 nitrogen and oxygen atoms in total. The lowest BCUT2D eigenvalue weighted by molar-refractivity contribution is -0.139. The van der Waals surface area contributed by atoms with Crippen molar-refractivity contribution >= 4 is 10.0 Å². The van der Waals surface area contributed by atoms with Gasteiger partial charge in [0.1, 0.15) is 0 Å². The first kappa shape index (κ1) is 16.9. The van der Waals surface area contributed by atoms with E-state index in [4.69, 9.17) is 5.73 Å². The molecule has 1 unspecified atom stereocenters. The number of sulfonamides is 1. The number of hydrogen-bond acceptors (Lipinski definition) is 3. The topological polar surface area (TPSA) is 72.2 Å². The molecule has 0 aliphatic carbocycles. The zero-order chi connectivity index (χ0) is 15.4. The second kappa shape index (κ2) is 6.55. The lowest BCUT2D eigenvalue weighted by Crippen LogP contribution is -2.37. The van der Waals surface area contributed by atoms with Crippen molar-refractivity contribution in [3.63, 3.8) is 0 Å². The summed E-state index contributed by atoms with van der Waals surface area (Å²) in [6.07, 6.45) is -3.37. The third-order valence-corrected chi connectivity index (χ3v) is 4.16. The van der Waals surface area contributed by atoms with E-state index >= 15 is 0 Å². The van der Waals surface area contributed by atoms with Crippen molar-refractivity contribution < 1.29 is 21.6 Å². The normalized spacial score (nSPS) is 14.2. The molecule has 0 amide bonds. The molecule has 8 heteroatoms. The second-order valence-electron chi connectivity index (χ2n) is 4.39. The van der Waals surface area contributed by atoms with Crippen molar-refractivity contribution in [1.29, 1.82) is 0 Å². The molecule has 1 rings (SSSR count). The Labute approximate surface area is 116 Å². The molecular weight excluding hydrogens is 293 g/mol. The van der Waals surface area contributed by atoms with Crippen LogP contribution in [0.2, 0.25) is 0 Å². The first-order valence-corrected chi connectivity index (χ1v) is 7.58. The van der Waals surface area contributed by atoms with Gasteiger partial charge in [0.2, 0.25) is 10.0 Å². The van der Waals surface area contributed by atoms with Crippen LogP contribution >= 0.6 is 0 Å². The van der Waals surface area contributed by atoms with Crippen LogP contribution in [0.4, 0.5) is 13.2 Å². The van der Waals surface area contributed by atoms with E-state index in [0.717, 1.165) is 24.6 Å². The molecule has 0 aliphatic rings. The summed E-state index contributed by atoms with van der Waals surface area (Å²) in [7, 11) is -4.24. The molecule has 0 saturated carbocycles. The number of hydrogen-bond donors (Lipinski definition) is 2. The molecule has 0 aliphatic heterocycles. The Balaban J connectivity index is 2.99. The van der Waals surface area contributed by atoms with Crippen LogP contribution in [0, 0.1) is 0 Å². The minimum atomic E-state index is -4.73. The van der Waals surface area contributed by atoms with Crippen LogP contribution in [0.15, 0.2) is 29.2 Å². The molecule has 0 spiro atoms. The molecule has 20 heavy (non-hydrogen) atoms. The van der Waals surface area contributed by atoms with Gasteiger partial charge in [0, 0.05) is 12.6 Å². The minimum Gasteiger partial charge on any atom is -0.327 e. The number of alkyl halides is 3. The summed E-state index contributed by atoms with van der Waals surface area (Å²) < 4.78 is 64.3. The number of halogens is 3. The first-order valence-electron chi connectivity index (χ1n) is 6.10. The quantitative estimate of drug-likeness (QED) is 0.845. The van der Waals surface area contributed by atoms with Gasteiger partial charge in [0.05, 0.1) is 10.5 Å². The Morgan fingerprint density at radius 2 is 1.90 bits per heavy atom. The smallest absolute Gasteiger partial charge is 0.327 e. The lowest BCUT2D eigenvalue weighted by Gasteiger charge is -2.15. The highest BCUT2D eigenvalue weighted by Crippen LogP contribution is 2.33. The number of nitrogens with one attached hydrogen (secondary N) is 1. The van der Waals surface area contributed by atoms with Crippen molar-refractivity contribution in [2.75, 3.05) is 6.54 Å². The number of benzene rings is 1. The average Bonchev–Trinajstić information content (AvgIpc) is 2.36. The van der Waals surface area contributed by atoms with Gasteiger partial charge in [-0.1, -0.05) is 25.5 Å². The Bertz CT molecular complexity index is 544. The van der Waals surface area contributed by atoms with E-state index in [1.807, 2.05) is 6.92 Å². The molecule has 0 heterocycles. The van der Waals surface area contributed by atoms with Gasteiger partial charge in [-0.2, -0.15) is 13.2 Å². The van der Waals surface area contributed by atoms with E-state index in [9.17, 15) is 21.6 Å². The molecule has 1 atom stereocenters. The van der Waals surface area contributed by atoms with E-state index in [0.29, 0.717) is 6.42 Å². The molecule has 1 aromatic rings. The highest BCUT2D eigenvalue weighted by atomic mass is 32.2. The average molecular weight is 310 g/mol. The molecule has 0 fully saturated rings. The largest absolute Gasteiger partial charge is 0.417 e. The predicted molar refractivity (Wildman–Crippen MR) is 69.5 cm³/mol. The summed E-state index contributed by atoms with van der Waals surface area (Å²) in [6.45, 7) is 1.79. The van der Waals surface area contributed by atoms with Crippen molar-refractivity contribution in [2.45, 2.75) is 36.9 Å². The SMILES string of the molecule is CCCC(N)CNS(=O)(=O)c1ccccc1C(F)(F)F. The van der Waals surface area contributed by atoms with Crippen LogP contribution in [0.1, 0.15) is 25.3 Å². The maximum absolute atomic E-state index is 12.8. The third kappa shape index (κ3) is 4.46. The third-order valence-electron chi connectivity index (χ3n) is 2.68. The number of rotatable bonds is 6. The maximum Gasteiger partial charge on any atom is 0.417 e. The van der Waals surface area contributed by atoms with Gasteiger partial charge in [-0.05, 0) is 18.6 Å². The van der Waals surface area contributed by atoms with Gasteiger partial charge in [0.25, 0.3) is 0 Å². The minimum absolute atomic E-state index is 0.0949. The van der Waals surface area contributed by atoms with Crippen LogP contribution < -0.4 is 10.5 Å². The molecule has 0 bridgehead atoms. The Hall–Kier alpha value is -1.12. The molecular formula is C12H17F3N2O2S. The van der Waals surface area contributed by atoms with Gasteiger partial charge in [-0.15, -0.1) is 0 Å². The van der Waals surface area contributed by atoms with Crippen molar-refractivity contribution in [1.82, 2.24) is 4.72 Å².